The van der Waals surface area contributed by atoms with Gasteiger partial charge in [-0.3, -0.25) is 0 Å². The van der Waals surface area contributed by atoms with E-state index in [0.717, 1.165) is 0 Å². The molecule has 0 amide bonds. The lowest BCUT2D eigenvalue weighted by molar-refractivity contribution is -0.340. The van der Waals surface area contributed by atoms with Crippen LogP contribution in [0.15, 0.2) is 0 Å². The fourth-order valence-electron chi connectivity index (χ4n) is 3.38. The van der Waals surface area contributed by atoms with E-state index >= 15 is 0 Å². The van der Waals surface area contributed by atoms with Gasteiger partial charge in [0.2, 0.25) is 0 Å². The number of hydrogen-bond acceptors (Lipinski definition) is 10. The van der Waals surface area contributed by atoms with E-state index in [9.17, 15) is 20.4 Å². The molecule has 6 unspecified atom stereocenters. The Morgan fingerprint density at radius 3 is 2.29 bits per heavy atom. The van der Waals surface area contributed by atoms with E-state index in [2.05, 4.69) is 0 Å². The van der Waals surface area contributed by atoms with Gasteiger partial charge in [0.1, 0.15) is 48.8 Å². The zero-order chi connectivity index (χ0) is 17.4. The van der Waals surface area contributed by atoms with Gasteiger partial charge in [0.15, 0.2) is 12.6 Å². The largest absolute Gasteiger partial charge is 0.394 e. The molecule has 4 N–H and O–H groups in total. The lowest BCUT2D eigenvalue weighted by atomic mass is 9.98. The van der Waals surface area contributed by atoms with Gasteiger partial charge in [0, 0.05) is 14.2 Å². The monoisotopic (exact) mass is 352 g/mol. The van der Waals surface area contributed by atoms with Crippen LogP contribution in [0.2, 0.25) is 0 Å². The first-order valence-corrected chi connectivity index (χ1v) is 7.80. The lowest BCUT2D eigenvalue weighted by Gasteiger charge is -2.44. The number of aliphatic hydroxyl groups excluding tert-OH is 4. The average molecular weight is 352 g/mol. The number of hydrogen-bond donors (Lipinski definition) is 4. The third-order valence-electron chi connectivity index (χ3n) is 4.69. The maximum absolute atomic E-state index is 10.3. The van der Waals surface area contributed by atoms with E-state index in [4.69, 9.17) is 28.4 Å². The zero-order valence-corrected chi connectivity index (χ0v) is 13.4. The van der Waals surface area contributed by atoms with E-state index in [1.807, 2.05) is 0 Å². The molecule has 10 nitrogen and oxygen atoms in total. The standard InChI is InChI=1S/C14H24O10/c1-19-11-7(16)5(3-15)22-14(8(11)17)24-10-6-4-21-12(10)9(18)13(20-2)23-6/h5-18H,3-4H2,1-2H3/t5?,6?,7?,8-,9?,10-,11+,12+,13?,14?/m1/s1. The molecule has 0 aromatic rings. The van der Waals surface area contributed by atoms with Crippen molar-refractivity contribution in [2.45, 2.75) is 61.4 Å². The lowest BCUT2D eigenvalue weighted by Crippen LogP contribution is -2.62. The maximum atomic E-state index is 10.3. The van der Waals surface area contributed by atoms with E-state index < -0.39 is 68.0 Å². The summed E-state index contributed by atoms with van der Waals surface area (Å²) in [5, 5.41) is 39.9. The van der Waals surface area contributed by atoms with Crippen LogP contribution in [0.25, 0.3) is 0 Å². The molecule has 0 aromatic carbocycles. The van der Waals surface area contributed by atoms with Crippen molar-refractivity contribution in [2.24, 2.45) is 0 Å². The molecule has 0 saturated carbocycles. The van der Waals surface area contributed by atoms with Crippen LogP contribution in [-0.2, 0) is 28.4 Å². The highest BCUT2D eigenvalue weighted by Crippen LogP contribution is 2.35. The van der Waals surface area contributed by atoms with Gasteiger partial charge in [-0.05, 0) is 0 Å². The molecular formula is C14H24O10. The summed E-state index contributed by atoms with van der Waals surface area (Å²) >= 11 is 0. The highest BCUT2D eigenvalue weighted by Gasteiger charge is 2.55. The molecule has 140 valence electrons. The molecular weight excluding hydrogens is 328 g/mol. The van der Waals surface area contributed by atoms with Gasteiger partial charge < -0.3 is 48.8 Å². The van der Waals surface area contributed by atoms with E-state index in [1.165, 1.54) is 14.2 Å². The molecule has 24 heavy (non-hydrogen) atoms. The Hall–Kier alpha value is -0.400. The Bertz CT molecular complexity index is 422. The van der Waals surface area contributed by atoms with Crippen molar-refractivity contribution >= 4 is 0 Å². The third kappa shape index (κ3) is 3.07. The number of rotatable bonds is 5. The molecule has 10 heteroatoms. The average Bonchev–Trinajstić information content (AvgIpc) is 2.88. The van der Waals surface area contributed by atoms with E-state index in [0.29, 0.717) is 0 Å². The van der Waals surface area contributed by atoms with Crippen molar-refractivity contribution in [1.82, 2.24) is 0 Å². The minimum atomic E-state index is -1.29. The van der Waals surface area contributed by atoms with Gasteiger partial charge >= 0.3 is 0 Å². The smallest absolute Gasteiger partial charge is 0.187 e. The molecule has 3 aliphatic heterocycles. The summed E-state index contributed by atoms with van der Waals surface area (Å²) in [6, 6.07) is 0. The molecule has 10 atom stereocenters. The molecule has 3 saturated heterocycles. The SMILES string of the molecule is COC1OC2CO[C@@H](C1O)[C@@H]2OC1OC(CO)C(O)[C@H](OC)[C@H]1O. The van der Waals surface area contributed by atoms with Crippen LogP contribution in [0.5, 0.6) is 0 Å². The van der Waals surface area contributed by atoms with E-state index in [1.54, 1.807) is 0 Å². The van der Waals surface area contributed by atoms with Gasteiger partial charge in [0.25, 0.3) is 0 Å². The van der Waals surface area contributed by atoms with Gasteiger partial charge in [-0.2, -0.15) is 0 Å². The van der Waals surface area contributed by atoms with Crippen LogP contribution in [0.3, 0.4) is 0 Å². The Morgan fingerprint density at radius 2 is 1.67 bits per heavy atom. The summed E-state index contributed by atoms with van der Waals surface area (Å²) < 4.78 is 32.4. The summed E-state index contributed by atoms with van der Waals surface area (Å²) in [7, 11) is 2.75. The topological polar surface area (TPSA) is 136 Å². The van der Waals surface area contributed by atoms with Gasteiger partial charge in [-0.15, -0.1) is 0 Å². The Balaban J connectivity index is 1.71. The van der Waals surface area contributed by atoms with Gasteiger partial charge in [0.05, 0.1) is 13.2 Å². The molecule has 0 spiro atoms. The molecule has 3 aliphatic rings. The molecule has 3 fully saturated rings. The van der Waals surface area contributed by atoms with Crippen LogP contribution in [-0.4, -0.2) is 109 Å². The van der Waals surface area contributed by atoms with Crippen molar-refractivity contribution in [3.05, 3.63) is 0 Å². The zero-order valence-electron chi connectivity index (χ0n) is 13.4. The van der Waals surface area contributed by atoms with Crippen LogP contribution in [0.1, 0.15) is 0 Å². The van der Waals surface area contributed by atoms with Gasteiger partial charge in [-0.25, -0.2) is 0 Å². The summed E-state index contributed by atoms with van der Waals surface area (Å²) in [5.41, 5.74) is 0. The fraction of sp³-hybridized carbons (Fsp3) is 1.00. The second kappa shape index (κ2) is 7.46. The molecule has 2 bridgehead atoms. The van der Waals surface area contributed by atoms with Crippen LogP contribution in [0.4, 0.5) is 0 Å². The van der Waals surface area contributed by atoms with E-state index in [-0.39, 0.29) is 6.61 Å². The predicted molar refractivity (Wildman–Crippen MR) is 74.8 cm³/mol. The van der Waals surface area contributed by atoms with Crippen molar-refractivity contribution in [2.75, 3.05) is 27.4 Å². The summed E-state index contributed by atoms with van der Waals surface area (Å²) in [4.78, 5) is 0. The van der Waals surface area contributed by atoms with Crippen molar-refractivity contribution in [3.8, 4) is 0 Å². The third-order valence-corrected chi connectivity index (χ3v) is 4.69. The first kappa shape index (κ1) is 18.4. The minimum absolute atomic E-state index is 0.203. The first-order valence-electron chi connectivity index (χ1n) is 7.80. The number of aliphatic hydroxyl groups is 4. The quantitative estimate of drug-likeness (QED) is 0.404. The summed E-state index contributed by atoms with van der Waals surface area (Å²) in [6.07, 6.45) is -9.40. The molecule has 3 heterocycles. The molecule has 0 radical (unpaired) electrons. The van der Waals surface area contributed by atoms with Crippen LogP contribution < -0.4 is 0 Å². The Morgan fingerprint density at radius 1 is 0.917 bits per heavy atom. The minimum Gasteiger partial charge on any atom is -0.394 e. The molecule has 3 rings (SSSR count). The van der Waals surface area contributed by atoms with Crippen LogP contribution >= 0.6 is 0 Å². The summed E-state index contributed by atoms with van der Waals surface area (Å²) in [6.45, 7) is -0.263. The molecule has 0 aliphatic carbocycles. The second-order valence-electron chi connectivity index (χ2n) is 6.07. The first-order chi connectivity index (χ1) is 11.5. The highest BCUT2D eigenvalue weighted by molar-refractivity contribution is 4.98. The van der Waals surface area contributed by atoms with Crippen molar-refractivity contribution in [1.29, 1.82) is 0 Å². The number of ether oxygens (including phenoxy) is 6. The van der Waals surface area contributed by atoms with Gasteiger partial charge in [-0.1, -0.05) is 0 Å². The van der Waals surface area contributed by atoms with Crippen LogP contribution in [0, 0.1) is 0 Å². The van der Waals surface area contributed by atoms with Crippen molar-refractivity contribution in [3.63, 3.8) is 0 Å². The second-order valence-corrected chi connectivity index (χ2v) is 6.07. The maximum Gasteiger partial charge on any atom is 0.187 e. The number of methoxy groups -OCH3 is 2. The Labute approximate surface area is 138 Å². The Kier molecular flexibility index (Phi) is 5.72. The summed E-state index contributed by atoms with van der Waals surface area (Å²) in [5.74, 6) is 0. The fourth-order valence-corrected chi connectivity index (χ4v) is 3.38. The highest BCUT2D eigenvalue weighted by atomic mass is 16.8. The molecule has 0 aromatic heterocycles. The number of fused-ring (bicyclic) bond motifs is 2. The predicted octanol–water partition coefficient (Wildman–Crippen LogP) is -3.04. The van der Waals surface area contributed by atoms with Crippen molar-refractivity contribution < 1.29 is 48.8 Å². The normalized spacial score (nSPS) is 51.8.